The van der Waals surface area contributed by atoms with Crippen molar-refractivity contribution in [2.24, 2.45) is 5.92 Å². The number of methoxy groups -OCH3 is 1. The number of aromatic nitrogens is 1. The van der Waals surface area contributed by atoms with E-state index in [0.717, 1.165) is 31.1 Å². The highest BCUT2D eigenvalue weighted by Gasteiger charge is 2.13. The fourth-order valence-electron chi connectivity index (χ4n) is 2.08. The molecule has 1 aromatic rings. The van der Waals surface area contributed by atoms with Crippen molar-refractivity contribution < 1.29 is 9.47 Å². The predicted octanol–water partition coefficient (Wildman–Crippen LogP) is 1.89. The van der Waals surface area contributed by atoms with Gasteiger partial charge < -0.3 is 14.8 Å². The molecule has 1 aliphatic rings. The van der Waals surface area contributed by atoms with Gasteiger partial charge in [-0.25, -0.2) is 4.98 Å². The summed E-state index contributed by atoms with van der Waals surface area (Å²) in [6.07, 6.45) is 2.49. The van der Waals surface area contributed by atoms with Crippen LogP contribution in [0.3, 0.4) is 0 Å². The van der Waals surface area contributed by atoms with Gasteiger partial charge in [0.15, 0.2) is 0 Å². The number of nitrogens with zero attached hydrogens (tertiary/aromatic N) is 1. The quantitative estimate of drug-likeness (QED) is 0.907. The van der Waals surface area contributed by atoms with Crippen molar-refractivity contribution in [1.29, 1.82) is 0 Å². The third-order valence-corrected chi connectivity index (χ3v) is 3.00. The first-order chi connectivity index (χ1) is 8.28. The van der Waals surface area contributed by atoms with E-state index < -0.39 is 0 Å². The van der Waals surface area contributed by atoms with E-state index in [-0.39, 0.29) is 13.5 Å². The molecular weight excluding hydrogens is 248 g/mol. The van der Waals surface area contributed by atoms with Gasteiger partial charge in [-0.15, -0.1) is 0 Å². The Labute approximate surface area is 116 Å². The highest BCUT2D eigenvalue weighted by atomic mass is 32.1. The number of hydrogen-bond acceptors (Lipinski definition) is 4. The van der Waals surface area contributed by atoms with E-state index >= 15 is 0 Å². The number of pyridine rings is 1. The molecule has 1 atom stereocenters. The van der Waals surface area contributed by atoms with Crippen molar-refractivity contribution in [3.05, 3.63) is 17.8 Å². The van der Waals surface area contributed by atoms with Crippen LogP contribution in [-0.4, -0.2) is 31.8 Å². The molecule has 1 fully saturated rings. The van der Waals surface area contributed by atoms with Crippen LogP contribution in [0, 0.1) is 12.8 Å². The first-order valence-electron chi connectivity index (χ1n) is 6.14. The molecule has 1 aromatic heterocycles. The monoisotopic (exact) mass is 270 g/mol. The highest BCUT2D eigenvalue weighted by Crippen LogP contribution is 2.20. The van der Waals surface area contributed by atoms with Crippen molar-refractivity contribution in [3.63, 3.8) is 0 Å². The SMILES string of the molecule is COc1cc(OC[C@H]2CCCNC2)cc(C)n1.S. The standard InChI is InChI=1S/C13H20N2O2.H2S/c1-10-6-12(7-13(15-10)16-2)17-9-11-4-3-5-14-8-11;/h6-7,11,14H,3-5,8-9H2,1-2H3;1H2/t11-;/m0./s1. The van der Waals surface area contributed by atoms with Crippen LogP contribution in [0.1, 0.15) is 18.5 Å². The summed E-state index contributed by atoms with van der Waals surface area (Å²) < 4.78 is 10.9. The molecule has 2 rings (SSSR count). The summed E-state index contributed by atoms with van der Waals surface area (Å²) in [5.41, 5.74) is 0.918. The number of ether oxygens (including phenoxy) is 2. The van der Waals surface area contributed by atoms with Gasteiger partial charge in [-0.2, -0.15) is 13.5 Å². The molecule has 1 saturated heterocycles. The number of aryl methyl sites for hydroxylation is 1. The first-order valence-corrected chi connectivity index (χ1v) is 6.14. The molecule has 0 radical (unpaired) electrons. The van der Waals surface area contributed by atoms with Gasteiger partial charge in [0.1, 0.15) is 5.75 Å². The second-order valence-electron chi connectivity index (χ2n) is 4.51. The third-order valence-electron chi connectivity index (χ3n) is 3.00. The Hall–Kier alpha value is -0.940. The average Bonchev–Trinajstić information content (AvgIpc) is 2.37. The minimum absolute atomic E-state index is 0. The molecule has 0 bridgehead atoms. The van der Waals surface area contributed by atoms with Crippen LogP contribution in [0.15, 0.2) is 12.1 Å². The van der Waals surface area contributed by atoms with Gasteiger partial charge in [0.2, 0.25) is 5.88 Å². The molecule has 4 nitrogen and oxygen atoms in total. The first kappa shape index (κ1) is 15.1. The van der Waals surface area contributed by atoms with Gasteiger partial charge in [-0.05, 0) is 26.3 Å². The van der Waals surface area contributed by atoms with Crippen molar-refractivity contribution in [1.82, 2.24) is 10.3 Å². The van der Waals surface area contributed by atoms with Crippen molar-refractivity contribution in [2.45, 2.75) is 19.8 Å². The van der Waals surface area contributed by atoms with Gasteiger partial charge in [0, 0.05) is 30.3 Å². The minimum atomic E-state index is 0. The molecule has 0 aliphatic carbocycles. The summed E-state index contributed by atoms with van der Waals surface area (Å²) in [6.45, 7) is 4.90. The lowest BCUT2D eigenvalue weighted by molar-refractivity contribution is 0.217. The number of piperidine rings is 1. The maximum absolute atomic E-state index is 5.81. The zero-order chi connectivity index (χ0) is 12.1. The van der Waals surface area contributed by atoms with Crippen LogP contribution >= 0.6 is 13.5 Å². The average molecular weight is 270 g/mol. The van der Waals surface area contributed by atoms with Crippen LogP contribution in [0.5, 0.6) is 11.6 Å². The number of rotatable bonds is 4. The lowest BCUT2D eigenvalue weighted by Gasteiger charge is -2.22. The lowest BCUT2D eigenvalue weighted by atomic mass is 10.0. The van der Waals surface area contributed by atoms with Crippen molar-refractivity contribution in [3.8, 4) is 11.6 Å². The van der Waals surface area contributed by atoms with Gasteiger partial charge in [-0.1, -0.05) is 0 Å². The molecule has 2 heterocycles. The molecule has 102 valence electrons. The summed E-state index contributed by atoms with van der Waals surface area (Å²) in [6, 6.07) is 3.78. The normalized spacial score (nSPS) is 18.9. The maximum atomic E-state index is 5.81. The summed E-state index contributed by atoms with van der Waals surface area (Å²) in [7, 11) is 1.62. The van der Waals surface area contributed by atoms with Crippen LogP contribution in [-0.2, 0) is 0 Å². The maximum Gasteiger partial charge on any atom is 0.216 e. The zero-order valence-electron chi connectivity index (χ0n) is 11.0. The molecule has 1 N–H and O–H groups in total. The largest absolute Gasteiger partial charge is 0.493 e. The molecule has 1 aliphatic heterocycles. The summed E-state index contributed by atoms with van der Waals surface area (Å²) in [5, 5.41) is 3.39. The predicted molar refractivity (Wildman–Crippen MR) is 77.0 cm³/mol. The Morgan fingerprint density at radius 1 is 1.44 bits per heavy atom. The van der Waals surface area contributed by atoms with Crippen LogP contribution in [0.25, 0.3) is 0 Å². The van der Waals surface area contributed by atoms with Crippen molar-refractivity contribution >= 4 is 13.5 Å². The summed E-state index contributed by atoms with van der Waals surface area (Å²) in [4.78, 5) is 4.23. The van der Waals surface area contributed by atoms with Crippen LogP contribution in [0.2, 0.25) is 0 Å². The van der Waals surface area contributed by atoms with Crippen LogP contribution in [0.4, 0.5) is 0 Å². The second-order valence-corrected chi connectivity index (χ2v) is 4.51. The molecule has 0 amide bonds. The smallest absolute Gasteiger partial charge is 0.216 e. The molecule has 5 heteroatoms. The van der Waals surface area contributed by atoms with E-state index in [1.54, 1.807) is 7.11 Å². The van der Waals surface area contributed by atoms with E-state index in [1.165, 1.54) is 12.8 Å². The van der Waals surface area contributed by atoms with Gasteiger partial charge in [0.25, 0.3) is 0 Å². The summed E-state index contributed by atoms with van der Waals surface area (Å²) >= 11 is 0. The number of hydrogen-bond donors (Lipinski definition) is 1. The van der Waals surface area contributed by atoms with E-state index in [9.17, 15) is 0 Å². The molecule has 18 heavy (non-hydrogen) atoms. The fraction of sp³-hybridized carbons (Fsp3) is 0.615. The molecule has 0 spiro atoms. The molecular formula is C13H22N2O2S. The Balaban J connectivity index is 0.00000162. The van der Waals surface area contributed by atoms with E-state index in [0.29, 0.717) is 11.8 Å². The van der Waals surface area contributed by atoms with Crippen molar-refractivity contribution in [2.75, 3.05) is 26.8 Å². The fourth-order valence-corrected chi connectivity index (χ4v) is 2.08. The molecule has 0 aromatic carbocycles. The third kappa shape index (κ3) is 4.38. The molecule has 0 saturated carbocycles. The van der Waals surface area contributed by atoms with Crippen LogP contribution < -0.4 is 14.8 Å². The summed E-state index contributed by atoms with van der Waals surface area (Å²) in [5.74, 6) is 2.07. The van der Waals surface area contributed by atoms with E-state index in [2.05, 4.69) is 10.3 Å². The second kappa shape index (κ2) is 7.48. The van der Waals surface area contributed by atoms with E-state index in [1.807, 2.05) is 19.1 Å². The number of nitrogens with one attached hydrogen (secondary N) is 1. The Kier molecular flexibility index (Phi) is 6.29. The minimum Gasteiger partial charge on any atom is -0.493 e. The lowest BCUT2D eigenvalue weighted by Crippen LogP contribution is -2.33. The Morgan fingerprint density at radius 2 is 2.28 bits per heavy atom. The molecule has 0 unspecified atom stereocenters. The highest BCUT2D eigenvalue weighted by molar-refractivity contribution is 7.59. The van der Waals surface area contributed by atoms with Gasteiger partial charge >= 0.3 is 0 Å². The van der Waals surface area contributed by atoms with Gasteiger partial charge in [-0.3, -0.25) is 0 Å². The zero-order valence-corrected chi connectivity index (χ0v) is 12.0. The Bertz CT molecular complexity index is 368. The van der Waals surface area contributed by atoms with E-state index in [4.69, 9.17) is 9.47 Å². The van der Waals surface area contributed by atoms with Gasteiger partial charge in [0.05, 0.1) is 13.7 Å². The topological polar surface area (TPSA) is 43.4 Å². The Morgan fingerprint density at radius 3 is 2.94 bits per heavy atom.